The number of allylic oxidation sites excluding steroid dienone is 1. The van der Waals surface area contributed by atoms with Gasteiger partial charge >= 0.3 is 0 Å². The molecule has 2 aromatic carbocycles. The first-order valence-corrected chi connectivity index (χ1v) is 8.19. The Morgan fingerprint density at radius 3 is 2.38 bits per heavy atom. The lowest BCUT2D eigenvalue weighted by molar-refractivity contribution is 0.104. The van der Waals surface area contributed by atoms with Crippen molar-refractivity contribution in [3.05, 3.63) is 77.6 Å². The average Bonchev–Trinajstić information content (AvgIpc) is 3.16. The van der Waals surface area contributed by atoms with Crippen LogP contribution in [0, 0.1) is 0 Å². The molecule has 0 aliphatic carbocycles. The Morgan fingerprint density at radius 2 is 1.81 bits per heavy atom. The van der Waals surface area contributed by atoms with E-state index in [1.807, 2.05) is 43.3 Å². The summed E-state index contributed by atoms with van der Waals surface area (Å²) >= 11 is 0. The van der Waals surface area contributed by atoms with E-state index in [9.17, 15) is 4.79 Å². The van der Waals surface area contributed by atoms with Crippen LogP contribution in [0.1, 0.15) is 21.6 Å². The third kappa shape index (κ3) is 4.04. The van der Waals surface area contributed by atoms with Crippen LogP contribution < -0.4 is 4.90 Å². The highest BCUT2D eigenvalue weighted by molar-refractivity contribution is 6.06. The molecule has 0 bridgehead atoms. The van der Waals surface area contributed by atoms with E-state index in [0.29, 0.717) is 11.3 Å². The zero-order chi connectivity index (χ0) is 18.5. The molecular formula is C20H20N4O2. The molecule has 3 rings (SSSR count). The highest BCUT2D eigenvalue weighted by Gasteiger charge is 2.05. The van der Waals surface area contributed by atoms with Gasteiger partial charge in [-0.1, -0.05) is 23.4 Å². The fourth-order valence-corrected chi connectivity index (χ4v) is 2.43. The van der Waals surface area contributed by atoms with Crippen molar-refractivity contribution in [2.24, 2.45) is 0 Å². The molecule has 6 nitrogen and oxygen atoms in total. The lowest BCUT2D eigenvalue weighted by Crippen LogP contribution is -2.07. The van der Waals surface area contributed by atoms with Crippen LogP contribution in [0.15, 0.2) is 60.8 Å². The molecule has 0 aliphatic rings. The average molecular weight is 348 g/mol. The summed E-state index contributed by atoms with van der Waals surface area (Å²) < 4.78 is 1.56. The molecule has 132 valence electrons. The van der Waals surface area contributed by atoms with E-state index in [0.717, 1.165) is 16.9 Å². The lowest BCUT2D eigenvalue weighted by atomic mass is 10.1. The lowest BCUT2D eigenvalue weighted by Gasteiger charge is -2.11. The van der Waals surface area contributed by atoms with Crippen molar-refractivity contribution < 1.29 is 9.90 Å². The molecule has 0 fully saturated rings. The van der Waals surface area contributed by atoms with Crippen molar-refractivity contribution >= 4 is 17.5 Å². The number of hydrogen-bond acceptors (Lipinski definition) is 5. The summed E-state index contributed by atoms with van der Waals surface area (Å²) in [6, 6.07) is 15.1. The van der Waals surface area contributed by atoms with Crippen LogP contribution in [0.5, 0.6) is 0 Å². The summed E-state index contributed by atoms with van der Waals surface area (Å²) in [4.78, 5) is 14.4. The fourth-order valence-electron chi connectivity index (χ4n) is 2.43. The molecule has 0 saturated carbocycles. The fraction of sp³-hybridized carbons (Fsp3) is 0.150. The molecule has 0 saturated heterocycles. The van der Waals surface area contributed by atoms with Gasteiger partial charge in [-0.25, -0.2) is 4.68 Å². The van der Waals surface area contributed by atoms with Crippen LogP contribution in [-0.2, 0) is 6.61 Å². The molecule has 6 heteroatoms. The predicted octanol–water partition coefficient (Wildman–Crippen LogP) is 2.72. The smallest absolute Gasteiger partial charge is 0.185 e. The van der Waals surface area contributed by atoms with Gasteiger partial charge in [0.1, 0.15) is 5.69 Å². The Bertz CT molecular complexity index is 910. The van der Waals surface area contributed by atoms with Gasteiger partial charge in [-0.05, 0) is 48.0 Å². The van der Waals surface area contributed by atoms with Crippen molar-refractivity contribution in [1.29, 1.82) is 0 Å². The summed E-state index contributed by atoms with van der Waals surface area (Å²) in [7, 11) is 3.98. The minimum absolute atomic E-state index is 0.0668. The van der Waals surface area contributed by atoms with Gasteiger partial charge in [-0.2, -0.15) is 0 Å². The Balaban J connectivity index is 1.69. The van der Waals surface area contributed by atoms with Crippen molar-refractivity contribution in [2.45, 2.75) is 6.61 Å². The minimum Gasteiger partial charge on any atom is -0.390 e. The summed E-state index contributed by atoms with van der Waals surface area (Å²) in [6.07, 6.45) is 5.02. The number of benzene rings is 2. The number of carbonyl (C=O) groups is 1. The Hall–Kier alpha value is -3.25. The second-order valence-corrected chi connectivity index (χ2v) is 6.04. The third-order valence-electron chi connectivity index (χ3n) is 3.96. The van der Waals surface area contributed by atoms with E-state index in [1.54, 1.807) is 47.3 Å². The minimum atomic E-state index is -0.156. The molecule has 0 aliphatic heterocycles. The van der Waals surface area contributed by atoms with Crippen molar-refractivity contribution in [3.63, 3.8) is 0 Å². The highest BCUT2D eigenvalue weighted by Crippen LogP contribution is 2.14. The van der Waals surface area contributed by atoms with E-state index >= 15 is 0 Å². The van der Waals surface area contributed by atoms with Crippen molar-refractivity contribution in [2.75, 3.05) is 19.0 Å². The first kappa shape index (κ1) is 17.6. The second kappa shape index (κ2) is 7.76. The Labute approximate surface area is 152 Å². The highest BCUT2D eigenvalue weighted by atomic mass is 16.3. The van der Waals surface area contributed by atoms with Crippen LogP contribution >= 0.6 is 0 Å². The molecule has 0 radical (unpaired) electrons. The molecule has 3 aromatic rings. The van der Waals surface area contributed by atoms with E-state index in [1.165, 1.54) is 0 Å². The van der Waals surface area contributed by atoms with Gasteiger partial charge in [0.2, 0.25) is 0 Å². The van der Waals surface area contributed by atoms with Crippen LogP contribution in [0.2, 0.25) is 0 Å². The van der Waals surface area contributed by atoms with Gasteiger partial charge < -0.3 is 10.0 Å². The zero-order valence-corrected chi connectivity index (χ0v) is 14.7. The number of ketones is 1. The van der Waals surface area contributed by atoms with E-state index in [2.05, 4.69) is 10.3 Å². The molecule has 1 N–H and O–H groups in total. The van der Waals surface area contributed by atoms with Gasteiger partial charge in [0.05, 0.1) is 18.5 Å². The molecule has 0 amide bonds. The summed E-state index contributed by atoms with van der Waals surface area (Å²) in [5.74, 6) is -0.0668. The summed E-state index contributed by atoms with van der Waals surface area (Å²) in [5, 5.41) is 16.8. The SMILES string of the molecule is CN(C)c1ccc(C=CC(=O)c2ccc(-n3cc(CO)nn3)cc2)cc1. The van der Waals surface area contributed by atoms with Crippen LogP contribution in [0.4, 0.5) is 5.69 Å². The normalized spacial score (nSPS) is 11.0. The second-order valence-electron chi connectivity index (χ2n) is 6.04. The topological polar surface area (TPSA) is 71.2 Å². The number of rotatable bonds is 6. The number of hydrogen-bond donors (Lipinski definition) is 1. The number of aliphatic hydroxyl groups excluding tert-OH is 1. The molecule has 0 spiro atoms. The molecule has 1 aromatic heterocycles. The first-order chi connectivity index (χ1) is 12.6. The molecular weight excluding hydrogens is 328 g/mol. The number of nitrogens with zero attached hydrogens (tertiary/aromatic N) is 4. The number of aromatic nitrogens is 3. The maximum atomic E-state index is 12.3. The van der Waals surface area contributed by atoms with E-state index in [4.69, 9.17) is 5.11 Å². The van der Waals surface area contributed by atoms with Crippen molar-refractivity contribution in [1.82, 2.24) is 15.0 Å². The standard InChI is InChI=1S/C20H20N4O2/c1-23(2)18-8-3-15(4-9-18)5-12-20(26)16-6-10-19(11-7-16)24-13-17(14-25)21-22-24/h3-13,25H,14H2,1-2H3. The van der Waals surface area contributed by atoms with Gasteiger partial charge in [-0.3, -0.25) is 4.79 Å². The van der Waals surface area contributed by atoms with E-state index in [-0.39, 0.29) is 12.4 Å². The van der Waals surface area contributed by atoms with E-state index < -0.39 is 0 Å². The van der Waals surface area contributed by atoms with Gasteiger partial charge in [0.15, 0.2) is 5.78 Å². The molecule has 0 unspecified atom stereocenters. The Morgan fingerprint density at radius 1 is 1.12 bits per heavy atom. The van der Waals surface area contributed by atoms with Crippen LogP contribution in [0.25, 0.3) is 11.8 Å². The molecule has 26 heavy (non-hydrogen) atoms. The zero-order valence-electron chi connectivity index (χ0n) is 14.7. The Kier molecular flexibility index (Phi) is 5.24. The summed E-state index contributed by atoms with van der Waals surface area (Å²) in [6.45, 7) is -0.156. The number of aliphatic hydroxyl groups is 1. The number of anilines is 1. The van der Waals surface area contributed by atoms with Gasteiger partial charge in [0, 0.05) is 25.3 Å². The van der Waals surface area contributed by atoms with Gasteiger partial charge in [0.25, 0.3) is 0 Å². The molecule has 1 heterocycles. The predicted molar refractivity (Wildman–Crippen MR) is 101 cm³/mol. The largest absolute Gasteiger partial charge is 0.390 e. The third-order valence-corrected chi connectivity index (χ3v) is 3.96. The first-order valence-electron chi connectivity index (χ1n) is 8.19. The quantitative estimate of drug-likeness (QED) is 0.548. The van der Waals surface area contributed by atoms with Crippen LogP contribution in [0.3, 0.4) is 0 Å². The van der Waals surface area contributed by atoms with Crippen LogP contribution in [-0.4, -0.2) is 40.0 Å². The number of carbonyl (C=O) groups excluding carboxylic acids is 1. The summed E-state index contributed by atoms with van der Waals surface area (Å²) in [5.41, 5.74) is 3.95. The maximum absolute atomic E-state index is 12.3. The van der Waals surface area contributed by atoms with Gasteiger partial charge in [-0.15, -0.1) is 5.10 Å². The molecule has 0 atom stereocenters. The van der Waals surface area contributed by atoms with Crippen molar-refractivity contribution in [3.8, 4) is 5.69 Å². The maximum Gasteiger partial charge on any atom is 0.185 e. The monoisotopic (exact) mass is 348 g/mol.